The van der Waals surface area contributed by atoms with Crippen molar-refractivity contribution in [1.82, 2.24) is 19.9 Å². The van der Waals surface area contributed by atoms with E-state index < -0.39 is 0 Å². The Bertz CT molecular complexity index is 586. The van der Waals surface area contributed by atoms with Gasteiger partial charge in [-0.05, 0) is 30.7 Å². The van der Waals surface area contributed by atoms with Crippen molar-refractivity contribution in [3.63, 3.8) is 0 Å². The minimum atomic E-state index is 0.260. The van der Waals surface area contributed by atoms with Gasteiger partial charge in [0.15, 0.2) is 0 Å². The van der Waals surface area contributed by atoms with Crippen LogP contribution in [0.25, 0.3) is 0 Å². The maximum Gasteiger partial charge on any atom is 0.222 e. The fourth-order valence-electron chi connectivity index (χ4n) is 2.65. The molecule has 1 atom stereocenters. The smallest absolute Gasteiger partial charge is 0.222 e. The summed E-state index contributed by atoms with van der Waals surface area (Å²) in [4.78, 5) is 15.2. The van der Waals surface area contributed by atoms with E-state index in [0.717, 1.165) is 38.5 Å². The standard InChI is InChI=1S/C16H21N5O/c1-13-2-7-18-16(20-13)19-12-15(14-3-5-17-6-4-14)21-8-10-22-11-9-21/h2-7,15H,8-12H2,1H3,(H,18,19,20)/t15-/m0/s1. The zero-order valence-electron chi connectivity index (χ0n) is 12.8. The third-order valence-corrected chi connectivity index (χ3v) is 3.83. The molecule has 2 aromatic rings. The number of hydrogen-bond donors (Lipinski definition) is 1. The van der Waals surface area contributed by atoms with Crippen molar-refractivity contribution in [3.8, 4) is 0 Å². The van der Waals surface area contributed by atoms with Crippen molar-refractivity contribution >= 4 is 5.95 Å². The van der Waals surface area contributed by atoms with E-state index in [4.69, 9.17) is 4.74 Å². The topological polar surface area (TPSA) is 63.2 Å². The Kier molecular flexibility index (Phi) is 4.92. The van der Waals surface area contributed by atoms with Crippen LogP contribution in [-0.4, -0.2) is 52.7 Å². The molecule has 3 rings (SSSR count). The van der Waals surface area contributed by atoms with E-state index >= 15 is 0 Å². The lowest BCUT2D eigenvalue weighted by Crippen LogP contribution is -2.41. The highest BCUT2D eigenvalue weighted by Crippen LogP contribution is 2.21. The van der Waals surface area contributed by atoms with Gasteiger partial charge in [-0.25, -0.2) is 9.97 Å². The molecule has 0 spiro atoms. The van der Waals surface area contributed by atoms with Crippen molar-refractivity contribution in [2.24, 2.45) is 0 Å². The fourth-order valence-corrected chi connectivity index (χ4v) is 2.65. The van der Waals surface area contributed by atoms with Crippen molar-refractivity contribution in [3.05, 3.63) is 48.0 Å². The van der Waals surface area contributed by atoms with Gasteiger partial charge in [-0.1, -0.05) is 0 Å². The summed E-state index contributed by atoms with van der Waals surface area (Å²) in [6, 6.07) is 6.29. The summed E-state index contributed by atoms with van der Waals surface area (Å²) in [5, 5.41) is 3.36. The molecule has 1 fully saturated rings. The van der Waals surface area contributed by atoms with Crippen LogP contribution in [0.5, 0.6) is 0 Å². The molecule has 1 N–H and O–H groups in total. The van der Waals surface area contributed by atoms with Crippen LogP contribution in [0.2, 0.25) is 0 Å². The van der Waals surface area contributed by atoms with Gasteiger partial charge in [-0.3, -0.25) is 9.88 Å². The summed E-state index contributed by atoms with van der Waals surface area (Å²) >= 11 is 0. The molecule has 6 nitrogen and oxygen atoms in total. The molecule has 6 heteroatoms. The summed E-state index contributed by atoms with van der Waals surface area (Å²) in [6.07, 6.45) is 5.46. The molecule has 116 valence electrons. The fraction of sp³-hybridized carbons (Fsp3) is 0.438. The molecule has 0 radical (unpaired) electrons. The molecule has 1 aliphatic heterocycles. The first-order chi connectivity index (χ1) is 10.8. The number of aromatic nitrogens is 3. The van der Waals surface area contributed by atoms with E-state index in [2.05, 4.69) is 37.3 Å². The van der Waals surface area contributed by atoms with Crippen molar-refractivity contribution < 1.29 is 4.74 Å². The molecule has 0 aromatic carbocycles. The Balaban J connectivity index is 1.73. The van der Waals surface area contributed by atoms with Crippen LogP contribution in [0.15, 0.2) is 36.8 Å². The number of morpholine rings is 1. The number of nitrogens with one attached hydrogen (secondary N) is 1. The highest BCUT2D eigenvalue weighted by Gasteiger charge is 2.22. The Morgan fingerprint density at radius 1 is 1.18 bits per heavy atom. The van der Waals surface area contributed by atoms with Gasteiger partial charge >= 0.3 is 0 Å². The van der Waals surface area contributed by atoms with E-state index in [9.17, 15) is 0 Å². The molecule has 1 saturated heterocycles. The summed E-state index contributed by atoms with van der Waals surface area (Å²) in [6.45, 7) is 6.15. The second kappa shape index (κ2) is 7.29. The molecule has 0 bridgehead atoms. The van der Waals surface area contributed by atoms with Crippen LogP contribution in [0.4, 0.5) is 5.95 Å². The van der Waals surface area contributed by atoms with Gasteiger partial charge < -0.3 is 10.1 Å². The average molecular weight is 299 g/mol. The third kappa shape index (κ3) is 3.78. The van der Waals surface area contributed by atoms with Crippen molar-refractivity contribution in [2.75, 3.05) is 38.2 Å². The predicted octanol–water partition coefficient (Wildman–Crippen LogP) is 1.67. The van der Waals surface area contributed by atoms with Gasteiger partial charge in [0.1, 0.15) is 0 Å². The maximum absolute atomic E-state index is 5.47. The number of pyridine rings is 1. The maximum atomic E-state index is 5.47. The lowest BCUT2D eigenvalue weighted by molar-refractivity contribution is 0.0186. The summed E-state index contributed by atoms with van der Waals surface area (Å²) < 4.78 is 5.47. The van der Waals surface area contributed by atoms with Gasteiger partial charge in [0.25, 0.3) is 0 Å². The summed E-state index contributed by atoms with van der Waals surface area (Å²) in [7, 11) is 0. The molecule has 0 saturated carbocycles. The lowest BCUT2D eigenvalue weighted by Gasteiger charge is -2.34. The number of ether oxygens (including phenoxy) is 1. The van der Waals surface area contributed by atoms with Crippen LogP contribution >= 0.6 is 0 Å². The number of anilines is 1. The first kappa shape index (κ1) is 14.9. The molecule has 0 amide bonds. The second-order valence-corrected chi connectivity index (χ2v) is 5.35. The number of rotatable bonds is 5. The highest BCUT2D eigenvalue weighted by atomic mass is 16.5. The highest BCUT2D eigenvalue weighted by molar-refractivity contribution is 5.27. The monoisotopic (exact) mass is 299 g/mol. The van der Waals surface area contributed by atoms with Gasteiger partial charge in [0.05, 0.1) is 19.3 Å². The van der Waals surface area contributed by atoms with Crippen LogP contribution in [0.1, 0.15) is 17.3 Å². The minimum Gasteiger partial charge on any atom is -0.379 e. The van der Waals surface area contributed by atoms with Crippen molar-refractivity contribution in [2.45, 2.75) is 13.0 Å². The molecule has 0 unspecified atom stereocenters. The average Bonchev–Trinajstić information content (AvgIpc) is 2.57. The van der Waals surface area contributed by atoms with Crippen LogP contribution in [-0.2, 0) is 4.74 Å². The quantitative estimate of drug-likeness (QED) is 0.906. The number of hydrogen-bond acceptors (Lipinski definition) is 6. The van der Waals surface area contributed by atoms with E-state index in [1.165, 1.54) is 5.56 Å². The van der Waals surface area contributed by atoms with Gasteiger partial charge in [0, 0.05) is 43.9 Å². The Labute approximate surface area is 130 Å². The normalized spacial score (nSPS) is 17.1. The number of nitrogens with zero attached hydrogens (tertiary/aromatic N) is 4. The Morgan fingerprint density at radius 3 is 2.68 bits per heavy atom. The van der Waals surface area contributed by atoms with Crippen LogP contribution in [0.3, 0.4) is 0 Å². The van der Waals surface area contributed by atoms with Crippen LogP contribution < -0.4 is 5.32 Å². The number of aryl methyl sites for hydroxylation is 1. The van der Waals surface area contributed by atoms with Crippen LogP contribution in [0, 0.1) is 6.92 Å². The zero-order valence-corrected chi connectivity index (χ0v) is 12.8. The SMILES string of the molecule is Cc1ccnc(NC[C@@H](c2ccncc2)N2CCOCC2)n1. The Hall–Kier alpha value is -2.05. The van der Waals surface area contributed by atoms with E-state index in [-0.39, 0.29) is 6.04 Å². The largest absolute Gasteiger partial charge is 0.379 e. The molecular formula is C16H21N5O. The molecular weight excluding hydrogens is 278 g/mol. The van der Waals surface area contributed by atoms with E-state index in [0.29, 0.717) is 5.95 Å². The van der Waals surface area contributed by atoms with Gasteiger partial charge in [-0.15, -0.1) is 0 Å². The Morgan fingerprint density at radius 2 is 1.95 bits per heavy atom. The first-order valence-corrected chi connectivity index (χ1v) is 7.58. The summed E-state index contributed by atoms with van der Waals surface area (Å²) in [5.74, 6) is 0.673. The van der Waals surface area contributed by atoms with Crippen molar-refractivity contribution in [1.29, 1.82) is 0 Å². The molecule has 22 heavy (non-hydrogen) atoms. The molecule has 2 aromatic heterocycles. The zero-order chi connectivity index (χ0) is 15.2. The first-order valence-electron chi connectivity index (χ1n) is 7.58. The predicted molar refractivity (Wildman–Crippen MR) is 84.6 cm³/mol. The third-order valence-electron chi connectivity index (χ3n) is 3.83. The lowest BCUT2D eigenvalue weighted by atomic mass is 10.1. The molecule has 3 heterocycles. The second-order valence-electron chi connectivity index (χ2n) is 5.35. The van der Waals surface area contributed by atoms with E-state index in [1.54, 1.807) is 6.20 Å². The molecule has 0 aliphatic carbocycles. The van der Waals surface area contributed by atoms with Gasteiger partial charge in [0.2, 0.25) is 5.95 Å². The molecule has 1 aliphatic rings. The van der Waals surface area contributed by atoms with Gasteiger partial charge in [-0.2, -0.15) is 0 Å². The summed E-state index contributed by atoms with van der Waals surface area (Å²) in [5.41, 5.74) is 2.21. The minimum absolute atomic E-state index is 0.260. The van der Waals surface area contributed by atoms with E-state index in [1.807, 2.05) is 25.4 Å².